The van der Waals surface area contributed by atoms with Gasteiger partial charge in [-0.15, -0.1) is 0 Å². The number of hydrogen-bond donors (Lipinski definition) is 1. The molecule has 1 N–H and O–H groups in total. The van der Waals surface area contributed by atoms with Gasteiger partial charge in [0.05, 0.1) is 6.61 Å². The zero-order chi connectivity index (χ0) is 26.2. The molecule has 0 aliphatic carbocycles. The zero-order valence-corrected chi connectivity index (χ0v) is 22.2. The fourth-order valence-corrected chi connectivity index (χ4v) is 4.57. The van der Waals surface area contributed by atoms with E-state index in [1.165, 1.54) is 22.2 Å². The molecule has 4 aromatic carbocycles. The summed E-state index contributed by atoms with van der Waals surface area (Å²) in [5.41, 5.74) is 6.04. The number of aryl methyl sites for hydroxylation is 2. The van der Waals surface area contributed by atoms with Crippen LogP contribution in [0.15, 0.2) is 97.1 Å². The number of fused-ring (bicyclic) bond motifs is 1. The van der Waals surface area contributed by atoms with Crippen molar-refractivity contribution >= 4 is 10.9 Å². The molecule has 0 bridgehead atoms. The molecule has 0 fully saturated rings. The second kappa shape index (κ2) is 12.4. The monoisotopic (exact) mass is 505 g/mol. The summed E-state index contributed by atoms with van der Waals surface area (Å²) in [7, 11) is 0. The van der Waals surface area contributed by atoms with Crippen molar-refractivity contribution in [3.8, 4) is 23.0 Å². The molecule has 38 heavy (non-hydrogen) atoms. The minimum atomic E-state index is 0.545. The summed E-state index contributed by atoms with van der Waals surface area (Å²) in [5.74, 6) is 3.32. The Bertz CT molecular complexity index is 1450. The zero-order valence-electron chi connectivity index (χ0n) is 22.2. The van der Waals surface area contributed by atoms with Crippen molar-refractivity contribution < 1.29 is 14.2 Å². The van der Waals surface area contributed by atoms with E-state index in [-0.39, 0.29) is 0 Å². The van der Waals surface area contributed by atoms with Gasteiger partial charge in [-0.2, -0.15) is 0 Å². The van der Waals surface area contributed by atoms with E-state index < -0.39 is 0 Å². The second-order valence-corrected chi connectivity index (χ2v) is 9.54. The van der Waals surface area contributed by atoms with Crippen molar-refractivity contribution in [2.75, 3.05) is 6.61 Å². The standard InChI is InChI=1S/C34H35NO3/c1-3-8-27-23-32(38-31-14-12-30(13-15-31)37-24-26-9-6-5-7-10-26)16-18-34(27)36-20-19-29-22-28-21-25(4-2)11-17-33(28)35-29/h5-7,9-18,21-23,35H,3-4,8,19-20,24H2,1-2H3. The quantitative estimate of drug-likeness (QED) is 0.184. The van der Waals surface area contributed by atoms with Gasteiger partial charge in [-0.1, -0.05) is 56.7 Å². The third-order valence-corrected chi connectivity index (χ3v) is 6.64. The van der Waals surface area contributed by atoms with Gasteiger partial charge in [-0.25, -0.2) is 0 Å². The van der Waals surface area contributed by atoms with E-state index in [1.54, 1.807) is 0 Å². The first-order valence-electron chi connectivity index (χ1n) is 13.5. The number of aromatic nitrogens is 1. The van der Waals surface area contributed by atoms with E-state index in [0.29, 0.717) is 13.2 Å². The Kier molecular flexibility index (Phi) is 8.29. The minimum Gasteiger partial charge on any atom is -0.493 e. The molecule has 0 atom stereocenters. The van der Waals surface area contributed by atoms with Crippen molar-refractivity contribution in [3.05, 3.63) is 119 Å². The molecule has 0 radical (unpaired) electrons. The van der Waals surface area contributed by atoms with E-state index in [2.05, 4.69) is 61.3 Å². The van der Waals surface area contributed by atoms with Gasteiger partial charge in [-0.3, -0.25) is 0 Å². The fourth-order valence-electron chi connectivity index (χ4n) is 4.57. The predicted octanol–water partition coefficient (Wildman–Crippen LogP) is 8.68. The highest BCUT2D eigenvalue weighted by atomic mass is 16.5. The second-order valence-electron chi connectivity index (χ2n) is 9.54. The van der Waals surface area contributed by atoms with E-state index >= 15 is 0 Å². The topological polar surface area (TPSA) is 43.5 Å². The molecule has 0 saturated carbocycles. The normalized spacial score (nSPS) is 11.0. The van der Waals surface area contributed by atoms with Crippen LogP contribution in [0.4, 0.5) is 0 Å². The van der Waals surface area contributed by atoms with Crippen molar-refractivity contribution in [2.24, 2.45) is 0 Å². The summed E-state index contributed by atoms with van der Waals surface area (Å²) in [6.07, 6.45) is 3.85. The number of rotatable bonds is 12. The Morgan fingerprint density at radius 2 is 1.45 bits per heavy atom. The Morgan fingerprint density at radius 3 is 2.24 bits per heavy atom. The van der Waals surface area contributed by atoms with Crippen LogP contribution in [0.5, 0.6) is 23.0 Å². The lowest BCUT2D eigenvalue weighted by Gasteiger charge is -2.14. The van der Waals surface area contributed by atoms with Crippen LogP contribution < -0.4 is 14.2 Å². The summed E-state index contributed by atoms with van der Waals surface area (Å²) >= 11 is 0. The van der Waals surface area contributed by atoms with E-state index in [4.69, 9.17) is 14.2 Å². The van der Waals surface area contributed by atoms with Gasteiger partial charge in [0.25, 0.3) is 0 Å². The molecule has 0 unspecified atom stereocenters. The molecule has 0 spiro atoms. The molecule has 0 saturated heterocycles. The van der Waals surface area contributed by atoms with Gasteiger partial charge in [0.15, 0.2) is 0 Å². The fraction of sp³-hybridized carbons (Fsp3) is 0.235. The molecule has 0 aliphatic heterocycles. The summed E-state index contributed by atoms with van der Waals surface area (Å²) in [4.78, 5) is 3.52. The average molecular weight is 506 g/mol. The molecule has 1 heterocycles. The van der Waals surface area contributed by atoms with E-state index in [1.807, 2.05) is 54.6 Å². The average Bonchev–Trinajstić information content (AvgIpc) is 3.36. The lowest BCUT2D eigenvalue weighted by molar-refractivity contribution is 0.306. The van der Waals surface area contributed by atoms with Gasteiger partial charge in [0, 0.05) is 17.6 Å². The van der Waals surface area contributed by atoms with Crippen LogP contribution in [-0.4, -0.2) is 11.6 Å². The predicted molar refractivity (Wildman–Crippen MR) is 155 cm³/mol. The number of hydrogen-bond acceptors (Lipinski definition) is 3. The van der Waals surface area contributed by atoms with Crippen molar-refractivity contribution in [1.29, 1.82) is 0 Å². The van der Waals surface area contributed by atoms with E-state index in [0.717, 1.165) is 59.8 Å². The van der Waals surface area contributed by atoms with Crippen LogP contribution in [0, 0.1) is 0 Å². The molecular weight excluding hydrogens is 470 g/mol. The summed E-state index contributed by atoms with van der Waals surface area (Å²) in [6, 6.07) is 32.9. The van der Waals surface area contributed by atoms with Gasteiger partial charge in [0.2, 0.25) is 0 Å². The molecule has 5 aromatic rings. The molecule has 4 nitrogen and oxygen atoms in total. The Hall–Kier alpha value is -4.18. The number of aromatic amines is 1. The van der Waals surface area contributed by atoms with Crippen LogP contribution in [0.2, 0.25) is 0 Å². The smallest absolute Gasteiger partial charge is 0.127 e. The van der Waals surface area contributed by atoms with Crippen molar-refractivity contribution in [3.63, 3.8) is 0 Å². The Morgan fingerprint density at radius 1 is 0.658 bits per heavy atom. The van der Waals surface area contributed by atoms with Crippen molar-refractivity contribution in [2.45, 2.75) is 46.1 Å². The van der Waals surface area contributed by atoms with Gasteiger partial charge < -0.3 is 19.2 Å². The molecule has 1 aromatic heterocycles. The van der Waals surface area contributed by atoms with Gasteiger partial charge in [0.1, 0.15) is 29.6 Å². The Balaban J connectivity index is 1.18. The summed E-state index contributed by atoms with van der Waals surface area (Å²) in [5, 5.41) is 1.27. The van der Waals surface area contributed by atoms with Crippen LogP contribution in [0.25, 0.3) is 10.9 Å². The number of ether oxygens (including phenoxy) is 3. The molecule has 194 valence electrons. The van der Waals surface area contributed by atoms with E-state index in [9.17, 15) is 0 Å². The van der Waals surface area contributed by atoms with Crippen LogP contribution in [0.3, 0.4) is 0 Å². The maximum atomic E-state index is 6.23. The first kappa shape index (κ1) is 25.5. The molecule has 0 aliphatic rings. The summed E-state index contributed by atoms with van der Waals surface area (Å²) < 4.78 is 18.3. The lowest BCUT2D eigenvalue weighted by Crippen LogP contribution is -2.04. The third-order valence-electron chi connectivity index (χ3n) is 6.64. The van der Waals surface area contributed by atoms with Crippen LogP contribution in [0.1, 0.15) is 42.7 Å². The minimum absolute atomic E-state index is 0.545. The summed E-state index contributed by atoms with van der Waals surface area (Å²) in [6.45, 7) is 5.53. The highest BCUT2D eigenvalue weighted by Gasteiger charge is 2.09. The van der Waals surface area contributed by atoms with Gasteiger partial charge >= 0.3 is 0 Å². The Labute approximate surface area is 225 Å². The number of nitrogens with one attached hydrogen (secondary N) is 1. The van der Waals surface area contributed by atoms with Crippen molar-refractivity contribution in [1.82, 2.24) is 4.98 Å². The van der Waals surface area contributed by atoms with Crippen LogP contribution >= 0.6 is 0 Å². The molecule has 4 heteroatoms. The molecular formula is C34H35NO3. The number of benzene rings is 4. The lowest BCUT2D eigenvalue weighted by atomic mass is 10.1. The SMILES string of the molecule is CCCc1cc(Oc2ccc(OCc3ccccc3)cc2)ccc1OCCc1cc2cc(CC)ccc2[nH]1. The molecule has 0 amide bonds. The largest absolute Gasteiger partial charge is 0.493 e. The highest BCUT2D eigenvalue weighted by molar-refractivity contribution is 5.81. The van der Waals surface area contributed by atoms with Gasteiger partial charge in [-0.05, 0) is 95.6 Å². The molecule has 5 rings (SSSR count). The maximum Gasteiger partial charge on any atom is 0.127 e. The first-order valence-corrected chi connectivity index (χ1v) is 13.5. The first-order chi connectivity index (χ1) is 18.7. The number of H-pyrrole nitrogens is 1. The highest BCUT2D eigenvalue weighted by Crippen LogP contribution is 2.30. The maximum absolute atomic E-state index is 6.23. The third kappa shape index (κ3) is 6.57. The van der Waals surface area contributed by atoms with Crippen LogP contribution in [-0.2, 0) is 25.9 Å².